The van der Waals surface area contributed by atoms with Crippen LogP contribution in [0.5, 0.6) is 0 Å². The van der Waals surface area contributed by atoms with Gasteiger partial charge in [-0.2, -0.15) is 0 Å². The van der Waals surface area contributed by atoms with E-state index in [1.54, 1.807) is 0 Å². The van der Waals surface area contributed by atoms with Crippen molar-refractivity contribution in [3.8, 4) is 0 Å². The van der Waals surface area contributed by atoms with E-state index in [2.05, 4.69) is 0 Å². The Hall–Kier alpha value is -2.62. The molecule has 110 valence electrons. The quantitative estimate of drug-likeness (QED) is 0.799. The summed E-state index contributed by atoms with van der Waals surface area (Å²) in [4.78, 5) is 24.6. The first-order chi connectivity index (χ1) is 10.8. The molecule has 0 aliphatic carbocycles. The van der Waals surface area contributed by atoms with E-state index in [-0.39, 0.29) is 11.9 Å². The fourth-order valence-electron chi connectivity index (χ4n) is 3.31. The third-order valence-corrected chi connectivity index (χ3v) is 4.33. The van der Waals surface area contributed by atoms with Crippen molar-refractivity contribution in [2.24, 2.45) is 11.8 Å². The maximum absolute atomic E-state index is 12.3. The van der Waals surface area contributed by atoms with Crippen LogP contribution in [0.2, 0.25) is 0 Å². The number of carbonyl (C=O) groups excluding carboxylic acids is 2. The number of rotatable bonds is 2. The first-order valence-electron chi connectivity index (χ1n) is 7.26. The molecule has 0 spiro atoms. The Bertz CT molecular complexity index is 647. The Morgan fingerprint density at radius 2 is 0.955 bits per heavy atom. The standard InChI is InChI=1S/C18H14O4/c19-17-13-14(16(22-17)12-9-5-2-6-10-12)18(20)21-15(13)11-7-3-1-4-8-11/h1-10,13-16H/t13-,14-,15-,16+/m0/s1. The lowest BCUT2D eigenvalue weighted by atomic mass is 9.84. The zero-order valence-electron chi connectivity index (χ0n) is 11.7. The Kier molecular flexibility index (Phi) is 2.96. The number of esters is 2. The molecule has 0 aromatic heterocycles. The van der Waals surface area contributed by atoms with Gasteiger partial charge in [-0.1, -0.05) is 60.7 Å². The van der Waals surface area contributed by atoms with E-state index in [9.17, 15) is 9.59 Å². The van der Waals surface area contributed by atoms with Crippen LogP contribution in [-0.2, 0) is 19.1 Å². The molecule has 2 aromatic rings. The minimum Gasteiger partial charge on any atom is -0.456 e. The zero-order chi connectivity index (χ0) is 15.1. The molecule has 0 amide bonds. The van der Waals surface area contributed by atoms with Crippen LogP contribution in [0.25, 0.3) is 0 Å². The van der Waals surface area contributed by atoms with Crippen molar-refractivity contribution in [3.63, 3.8) is 0 Å². The molecule has 4 heteroatoms. The maximum Gasteiger partial charge on any atom is 0.314 e. The fourth-order valence-corrected chi connectivity index (χ4v) is 3.31. The highest BCUT2D eigenvalue weighted by Crippen LogP contribution is 2.51. The monoisotopic (exact) mass is 294 g/mol. The summed E-state index contributed by atoms with van der Waals surface area (Å²) < 4.78 is 11.0. The summed E-state index contributed by atoms with van der Waals surface area (Å²) in [5.74, 6) is -1.86. The van der Waals surface area contributed by atoms with Gasteiger partial charge in [0.1, 0.15) is 24.0 Å². The van der Waals surface area contributed by atoms with E-state index < -0.39 is 24.0 Å². The van der Waals surface area contributed by atoms with Gasteiger partial charge in [0, 0.05) is 0 Å². The predicted octanol–water partition coefficient (Wildman–Crippen LogP) is 2.82. The SMILES string of the molecule is O=C1O[C@@H](c2ccccc2)[C@H]2C(=O)O[C@H](c3ccccc3)[C@@H]12. The van der Waals surface area contributed by atoms with Crippen molar-refractivity contribution in [2.75, 3.05) is 0 Å². The molecule has 4 rings (SSSR count). The number of carbonyl (C=O) groups is 2. The summed E-state index contributed by atoms with van der Waals surface area (Å²) in [6.07, 6.45) is -1.11. The van der Waals surface area contributed by atoms with Crippen LogP contribution >= 0.6 is 0 Å². The van der Waals surface area contributed by atoms with Crippen molar-refractivity contribution < 1.29 is 19.1 Å². The molecule has 0 bridgehead atoms. The van der Waals surface area contributed by atoms with Crippen LogP contribution in [0.1, 0.15) is 23.3 Å². The van der Waals surface area contributed by atoms with E-state index >= 15 is 0 Å². The number of fused-ring (bicyclic) bond motifs is 1. The average Bonchev–Trinajstić information content (AvgIpc) is 3.09. The van der Waals surface area contributed by atoms with Crippen LogP contribution in [0.3, 0.4) is 0 Å². The molecule has 4 nitrogen and oxygen atoms in total. The predicted molar refractivity (Wildman–Crippen MR) is 77.5 cm³/mol. The maximum atomic E-state index is 12.3. The fraction of sp³-hybridized carbons (Fsp3) is 0.222. The van der Waals surface area contributed by atoms with Crippen molar-refractivity contribution in [1.82, 2.24) is 0 Å². The Morgan fingerprint density at radius 1 is 0.591 bits per heavy atom. The molecule has 2 saturated heterocycles. The van der Waals surface area contributed by atoms with E-state index in [0.717, 1.165) is 11.1 Å². The van der Waals surface area contributed by atoms with Gasteiger partial charge in [0.25, 0.3) is 0 Å². The van der Waals surface area contributed by atoms with Gasteiger partial charge in [-0.25, -0.2) is 0 Å². The normalized spacial score (nSPS) is 29.8. The summed E-state index contributed by atoms with van der Waals surface area (Å²) in [6, 6.07) is 18.7. The van der Waals surface area contributed by atoms with Crippen LogP contribution in [0, 0.1) is 11.8 Å². The molecular weight excluding hydrogens is 280 g/mol. The molecule has 2 aromatic carbocycles. The number of hydrogen-bond acceptors (Lipinski definition) is 4. The molecule has 4 atom stereocenters. The molecular formula is C18H14O4. The molecule has 2 aliphatic heterocycles. The second-order valence-corrected chi connectivity index (χ2v) is 5.59. The summed E-state index contributed by atoms with van der Waals surface area (Å²) in [5.41, 5.74) is 1.66. The zero-order valence-corrected chi connectivity index (χ0v) is 11.7. The number of cyclic esters (lactones) is 2. The molecule has 0 unspecified atom stereocenters. The lowest BCUT2D eigenvalue weighted by Gasteiger charge is -2.14. The average molecular weight is 294 g/mol. The van der Waals surface area contributed by atoms with Crippen molar-refractivity contribution in [1.29, 1.82) is 0 Å². The van der Waals surface area contributed by atoms with E-state index in [0.29, 0.717) is 0 Å². The first-order valence-corrected chi connectivity index (χ1v) is 7.26. The third-order valence-electron chi connectivity index (χ3n) is 4.33. The van der Waals surface area contributed by atoms with Crippen molar-refractivity contribution in [2.45, 2.75) is 12.2 Å². The molecule has 22 heavy (non-hydrogen) atoms. The van der Waals surface area contributed by atoms with Gasteiger partial charge in [0.05, 0.1) is 0 Å². The van der Waals surface area contributed by atoms with Gasteiger partial charge < -0.3 is 9.47 Å². The number of ether oxygens (including phenoxy) is 2. The van der Waals surface area contributed by atoms with Gasteiger partial charge >= 0.3 is 11.9 Å². The molecule has 2 aliphatic rings. The smallest absolute Gasteiger partial charge is 0.314 e. The van der Waals surface area contributed by atoms with E-state index in [1.807, 2.05) is 60.7 Å². The van der Waals surface area contributed by atoms with Crippen LogP contribution in [0.15, 0.2) is 60.7 Å². The summed E-state index contributed by atoms with van der Waals surface area (Å²) >= 11 is 0. The summed E-state index contributed by atoms with van der Waals surface area (Å²) in [5, 5.41) is 0. The number of hydrogen-bond donors (Lipinski definition) is 0. The highest BCUT2D eigenvalue weighted by molar-refractivity contribution is 5.89. The Balaban J connectivity index is 1.71. The van der Waals surface area contributed by atoms with Crippen molar-refractivity contribution >= 4 is 11.9 Å². The van der Waals surface area contributed by atoms with Gasteiger partial charge in [-0.15, -0.1) is 0 Å². The van der Waals surface area contributed by atoms with Crippen LogP contribution < -0.4 is 0 Å². The largest absolute Gasteiger partial charge is 0.456 e. The minimum absolute atomic E-state index is 0.362. The van der Waals surface area contributed by atoms with Crippen LogP contribution in [0.4, 0.5) is 0 Å². The Morgan fingerprint density at radius 3 is 1.32 bits per heavy atom. The van der Waals surface area contributed by atoms with Crippen LogP contribution in [-0.4, -0.2) is 11.9 Å². The van der Waals surface area contributed by atoms with Crippen molar-refractivity contribution in [3.05, 3.63) is 71.8 Å². The molecule has 2 fully saturated rings. The topological polar surface area (TPSA) is 52.6 Å². The lowest BCUT2D eigenvalue weighted by molar-refractivity contribution is -0.154. The van der Waals surface area contributed by atoms with E-state index in [4.69, 9.17) is 9.47 Å². The molecule has 0 saturated carbocycles. The minimum atomic E-state index is -0.569. The second kappa shape index (κ2) is 4.98. The lowest BCUT2D eigenvalue weighted by Crippen LogP contribution is -2.19. The van der Waals surface area contributed by atoms with Gasteiger partial charge in [0.15, 0.2) is 0 Å². The number of benzene rings is 2. The Labute approximate surface area is 127 Å². The first kappa shape index (κ1) is 13.1. The highest BCUT2D eigenvalue weighted by Gasteiger charge is 2.59. The molecule has 2 heterocycles. The van der Waals surface area contributed by atoms with Gasteiger partial charge in [0.2, 0.25) is 0 Å². The van der Waals surface area contributed by atoms with E-state index in [1.165, 1.54) is 0 Å². The molecule has 0 radical (unpaired) electrons. The second-order valence-electron chi connectivity index (χ2n) is 5.59. The molecule has 0 N–H and O–H groups in total. The van der Waals surface area contributed by atoms with Gasteiger partial charge in [-0.3, -0.25) is 9.59 Å². The third kappa shape index (κ3) is 1.91. The van der Waals surface area contributed by atoms with Gasteiger partial charge in [-0.05, 0) is 11.1 Å². The highest BCUT2D eigenvalue weighted by atomic mass is 16.6. The summed E-state index contributed by atoms with van der Waals surface area (Å²) in [7, 11) is 0. The summed E-state index contributed by atoms with van der Waals surface area (Å²) in [6.45, 7) is 0.